The molecular weight excluding hydrogens is 303 g/mol. The molecule has 0 saturated carbocycles. The Hall–Kier alpha value is -2.52. The van der Waals surface area contributed by atoms with E-state index in [2.05, 4.69) is 4.98 Å². The largest absolute Gasteiger partial charge is 0.461 e. The Morgan fingerprint density at radius 3 is 2.33 bits per heavy atom. The van der Waals surface area contributed by atoms with Gasteiger partial charge in [0.2, 0.25) is 5.78 Å². The molecular formula is C11H5F5N2O3. The van der Waals surface area contributed by atoms with Gasteiger partial charge in [-0.15, -0.1) is 0 Å². The molecule has 0 fully saturated rings. The lowest BCUT2D eigenvalue weighted by Gasteiger charge is -2.17. The number of aromatic amines is 1. The van der Waals surface area contributed by atoms with Crippen LogP contribution in [0.15, 0.2) is 24.4 Å². The first-order valence-corrected chi connectivity index (χ1v) is 5.31. The SMILES string of the molecule is O=C(c1c[nH]c2c([N+](=O)[O-])cccc12)C(F)(F)C(F)(F)F. The second kappa shape index (κ2) is 4.50. The maximum absolute atomic E-state index is 13.1. The van der Waals surface area contributed by atoms with Crippen LogP contribution in [0, 0.1) is 10.1 Å². The van der Waals surface area contributed by atoms with Gasteiger partial charge in [0.25, 0.3) is 5.69 Å². The highest BCUT2D eigenvalue weighted by Gasteiger charge is 2.63. The number of alkyl halides is 5. The number of halogens is 5. The predicted molar refractivity (Wildman–Crippen MR) is 60.3 cm³/mol. The number of hydrogen-bond donors (Lipinski definition) is 1. The quantitative estimate of drug-likeness (QED) is 0.408. The van der Waals surface area contributed by atoms with Gasteiger partial charge in [0.1, 0.15) is 5.52 Å². The van der Waals surface area contributed by atoms with Gasteiger partial charge in [0.15, 0.2) is 0 Å². The normalized spacial score (nSPS) is 12.6. The number of fused-ring (bicyclic) bond motifs is 1. The van der Waals surface area contributed by atoms with Gasteiger partial charge in [-0.2, -0.15) is 22.0 Å². The van der Waals surface area contributed by atoms with Gasteiger partial charge in [0, 0.05) is 23.2 Å². The minimum Gasteiger partial charge on any atom is -0.355 e. The molecule has 0 spiro atoms. The lowest BCUT2D eigenvalue weighted by molar-refractivity contribution is -0.383. The summed E-state index contributed by atoms with van der Waals surface area (Å²) in [5, 5.41) is 10.3. The molecule has 2 aromatic rings. The van der Waals surface area contributed by atoms with Crippen molar-refractivity contribution >= 4 is 22.4 Å². The Morgan fingerprint density at radius 1 is 1.19 bits per heavy atom. The summed E-state index contributed by atoms with van der Waals surface area (Å²) in [6, 6.07) is 3.14. The van der Waals surface area contributed by atoms with Gasteiger partial charge in [-0.1, -0.05) is 12.1 Å². The van der Waals surface area contributed by atoms with Crippen molar-refractivity contribution in [2.75, 3.05) is 0 Å². The first kappa shape index (κ1) is 14.9. The number of rotatable bonds is 3. The summed E-state index contributed by atoms with van der Waals surface area (Å²) in [7, 11) is 0. The molecule has 0 saturated heterocycles. The van der Waals surface area contributed by atoms with E-state index in [1.54, 1.807) is 0 Å². The highest BCUT2D eigenvalue weighted by Crippen LogP contribution is 2.39. The first-order chi connectivity index (χ1) is 9.57. The van der Waals surface area contributed by atoms with Crippen molar-refractivity contribution in [1.82, 2.24) is 4.98 Å². The molecule has 5 nitrogen and oxygen atoms in total. The van der Waals surface area contributed by atoms with Crippen LogP contribution in [0.25, 0.3) is 10.9 Å². The van der Waals surface area contributed by atoms with E-state index < -0.39 is 34.1 Å². The highest BCUT2D eigenvalue weighted by molar-refractivity contribution is 6.12. The number of non-ortho nitro benzene ring substituents is 1. The number of nitrogens with zero attached hydrogens (tertiary/aromatic N) is 1. The number of Topliss-reactive ketones (excluding diaryl/α,β-unsaturated/α-hetero) is 1. The molecule has 10 heteroatoms. The van der Waals surface area contributed by atoms with E-state index in [1.165, 1.54) is 0 Å². The Kier molecular flexibility index (Phi) is 3.19. The van der Waals surface area contributed by atoms with Crippen molar-refractivity contribution in [3.63, 3.8) is 0 Å². The van der Waals surface area contributed by atoms with Crippen molar-refractivity contribution in [3.05, 3.63) is 40.1 Å². The zero-order chi connectivity index (χ0) is 16.0. The fourth-order valence-corrected chi connectivity index (χ4v) is 1.78. The number of ketones is 1. The molecule has 2 rings (SSSR count). The highest BCUT2D eigenvalue weighted by atomic mass is 19.4. The first-order valence-electron chi connectivity index (χ1n) is 5.31. The average Bonchev–Trinajstić information content (AvgIpc) is 2.79. The Bertz CT molecular complexity index is 735. The minimum atomic E-state index is -6.05. The lowest BCUT2D eigenvalue weighted by Crippen LogP contribution is -2.44. The number of carbonyl (C=O) groups excluding carboxylic acids is 1. The zero-order valence-electron chi connectivity index (χ0n) is 9.87. The number of nitro benzene ring substituents is 1. The van der Waals surface area contributed by atoms with Gasteiger partial charge in [0.05, 0.1) is 4.92 Å². The summed E-state index contributed by atoms with van der Waals surface area (Å²) < 4.78 is 62.7. The molecule has 21 heavy (non-hydrogen) atoms. The van der Waals surface area contributed by atoms with Crippen molar-refractivity contribution in [1.29, 1.82) is 0 Å². The van der Waals surface area contributed by atoms with Crippen molar-refractivity contribution in [3.8, 4) is 0 Å². The van der Waals surface area contributed by atoms with Crippen LogP contribution in [-0.2, 0) is 0 Å². The average molecular weight is 308 g/mol. The number of nitrogens with one attached hydrogen (secondary N) is 1. The van der Waals surface area contributed by atoms with E-state index in [-0.39, 0.29) is 10.9 Å². The molecule has 0 aliphatic heterocycles. The Balaban J connectivity index is 2.62. The fourth-order valence-electron chi connectivity index (χ4n) is 1.78. The molecule has 112 valence electrons. The van der Waals surface area contributed by atoms with Crippen LogP contribution < -0.4 is 0 Å². The van der Waals surface area contributed by atoms with E-state index in [0.717, 1.165) is 18.2 Å². The number of para-hydroxylation sites is 1. The number of nitro groups is 1. The molecule has 0 amide bonds. The van der Waals surface area contributed by atoms with Crippen LogP contribution in [-0.4, -0.2) is 27.8 Å². The zero-order valence-corrected chi connectivity index (χ0v) is 9.87. The van der Waals surface area contributed by atoms with Crippen molar-refractivity contribution < 1.29 is 31.7 Å². The molecule has 1 aromatic carbocycles. The van der Waals surface area contributed by atoms with Crippen LogP contribution in [0.1, 0.15) is 10.4 Å². The van der Waals surface area contributed by atoms with Crippen LogP contribution in [0.5, 0.6) is 0 Å². The third-order valence-electron chi connectivity index (χ3n) is 2.78. The monoisotopic (exact) mass is 308 g/mol. The maximum atomic E-state index is 13.1. The Morgan fingerprint density at radius 2 is 1.81 bits per heavy atom. The molecule has 0 bridgehead atoms. The van der Waals surface area contributed by atoms with Gasteiger partial charge in [-0.25, -0.2) is 0 Å². The van der Waals surface area contributed by atoms with Crippen LogP contribution >= 0.6 is 0 Å². The van der Waals surface area contributed by atoms with E-state index in [0.29, 0.717) is 6.20 Å². The van der Waals surface area contributed by atoms with E-state index in [9.17, 15) is 36.9 Å². The minimum absolute atomic E-state index is 0.302. The van der Waals surface area contributed by atoms with Gasteiger partial charge < -0.3 is 4.98 Å². The molecule has 0 atom stereocenters. The number of H-pyrrole nitrogens is 1. The van der Waals surface area contributed by atoms with Crippen molar-refractivity contribution in [2.45, 2.75) is 12.1 Å². The number of carbonyl (C=O) groups is 1. The number of benzene rings is 1. The molecule has 1 N–H and O–H groups in total. The third-order valence-corrected chi connectivity index (χ3v) is 2.78. The standard InChI is InChI=1S/C11H5F5N2O3/c12-10(13,11(14,15)16)9(19)6-4-17-8-5(6)2-1-3-7(8)18(20)21/h1-4,17H. The second-order valence-electron chi connectivity index (χ2n) is 4.06. The van der Waals surface area contributed by atoms with Crippen LogP contribution in [0.3, 0.4) is 0 Å². The third kappa shape index (κ3) is 2.22. The summed E-state index contributed by atoms with van der Waals surface area (Å²) in [4.78, 5) is 23.5. The summed E-state index contributed by atoms with van der Waals surface area (Å²) in [5.41, 5.74) is -1.80. The summed E-state index contributed by atoms with van der Waals surface area (Å²) >= 11 is 0. The van der Waals surface area contributed by atoms with E-state index in [4.69, 9.17) is 0 Å². The second-order valence-corrected chi connectivity index (χ2v) is 4.06. The van der Waals surface area contributed by atoms with E-state index in [1.807, 2.05) is 0 Å². The smallest absolute Gasteiger partial charge is 0.355 e. The summed E-state index contributed by atoms with van der Waals surface area (Å²) in [5.74, 6) is -8.05. The summed E-state index contributed by atoms with van der Waals surface area (Å²) in [6.07, 6.45) is -5.45. The summed E-state index contributed by atoms with van der Waals surface area (Å²) in [6.45, 7) is 0. The van der Waals surface area contributed by atoms with Gasteiger partial charge >= 0.3 is 12.1 Å². The van der Waals surface area contributed by atoms with Gasteiger partial charge in [-0.3, -0.25) is 14.9 Å². The van der Waals surface area contributed by atoms with E-state index >= 15 is 0 Å². The van der Waals surface area contributed by atoms with Crippen LogP contribution in [0.4, 0.5) is 27.6 Å². The fraction of sp³-hybridized carbons (Fsp3) is 0.182. The molecule has 1 heterocycles. The topological polar surface area (TPSA) is 76.0 Å². The van der Waals surface area contributed by atoms with Crippen LogP contribution in [0.2, 0.25) is 0 Å². The lowest BCUT2D eigenvalue weighted by atomic mass is 10.0. The molecule has 0 aliphatic carbocycles. The molecule has 1 aromatic heterocycles. The number of hydrogen-bond acceptors (Lipinski definition) is 3. The van der Waals surface area contributed by atoms with Crippen molar-refractivity contribution in [2.24, 2.45) is 0 Å². The van der Waals surface area contributed by atoms with Gasteiger partial charge in [-0.05, 0) is 0 Å². The molecule has 0 aliphatic rings. The molecule has 0 unspecified atom stereocenters. The molecule has 0 radical (unpaired) electrons. The maximum Gasteiger partial charge on any atom is 0.461 e. The Labute approximate surface area is 112 Å². The number of aromatic nitrogens is 1. The predicted octanol–water partition coefficient (Wildman–Crippen LogP) is 3.46.